The maximum absolute atomic E-state index is 11.6. The summed E-state index contributed by atoms with van der Waals surface area (Å²) >= 11 is 0. The van der Waals surface area contributed by atoms with Gasteiger partial charge >= 0.3 is 0 Å². The minimum Gasteiger partial charge on any atom is -0.341 e. The maximum Gasteiger partial charge on any atom is 0.159 e. The van der Waals surface area contributed by atoms with Gasteiger partial charge in [-0.15, -0.1) is 0 Å². The Bertz CT molecular complexity index is 816. The number of fused-ring (bicyclic) bond motifs is 3. The molecule has 1 aromatic heterocycles. The van der Waals surface area contributed by atoms with Crippen molar-refractivity contribution in [2.75, 3.05) is 0 Å². The predicted molar refractivity (Wildman–Crippen MR) is 85.1 cm³/mol. The van der Waals surface area contributed by atoms with E-state index in [-0.39, 0.29) is 11.6 Å². The number of carbonyl (C=O) groups excluding carboxylic acids is 2. The van der Waals surface area contributed by atoms with Gasteiger partial charge in [0, 0.05) is 39.5 Å². The molecule has 3 heteroatoms. The molecule has 21 heavy (non-hydrogen) atoms. The summed E-state index contributed by atoms with van der Waals surface area (Å²) in [5.74, 6) is 0.106. The van der Waals surface area contributed by atoms with Gasteiger partial charge in [0.1, 0.15) is 0 Å². The molecule has 0 bridgehead atoms. The quantitative estimate of drug-likeness (QED) is 0.673. The van der Waals surface area contributed by atoms with E-state index in [1.54, 1.807) is 13.8 Å². The van der Waals surface area contributed by atoms with Crippen molar-refractivity contribution in [3.05, 3.63) is 47.5 Å². The lowest BCUT2D eigenvalue weighted by Crippen LogP contribution is -1.95. The first-order chi connectivity index (χ1) is 10.0. The predicted octanol–water partition coefficient (Wildman–Crippen LogP) is 4.22. The zero-order valence-electron chi connectivity index (χ0n) is 12.4. The molecule has 0 radical (unpaired) electrons. The molecule has 3 aromatic rings. The third-order valence-corrected chi connectivity index (χ3v) is 3.99. The Morgan fingerprint density at radius 1 is 0.857 bits per heavy atom. The van der Waals surface area contributed by atoms with Crippen LogP contribution >= 0.6 is 0 Å². The van der Waals surface area contributed by atoms with Crippen LogP contribution in [-0.2, 0) is 6.54 Å². The Hall–Kier alpha value is -2.42. The minimum atomic E-state index is 0.0528. The summed E-state index contributed by atoms with van der Waals surface area (Å²) in [4.78, 5) is 23.2. The molecule has 0 fully saturated rings. The second-order valence-corrected chi connectivity index (χ2v) is 5.32. The van der Waals surface area contributed by atoms with Crippen molar-refractivity contribution in [3.8, 4) is 0 Å². The number of hydrogen-bond acceptors (Lipinski definition) is 2. The number of benzene rings is 2. The van der Waals surface area contributed by atoms with E-state index in [0.717, 1.165) is 28.4 Å². The molecule has 3 rings (SSSR count). The van der Waals surface area contributed by atoms with Gasteiger partial charge in [0.15, 0.2) is 11.6 Å². The van der Waals surface area contributed by atoms with Gasteiger partial charge in [0.2, 0.25) is 0 Å². The standard InChI is InChI=1S/C18H17NO2/c1-4-19-17-7-5-13(11(2)20)9-15(17)16-10-14(12(3)21)6-8-18(16)19/h5-10H,4H2,1-3H3. The van der Waals surface area contributed by atoms with E-state index in [9.17, 15) is 9.59 Å². The Morgan fingerprint density at radius 3 is 1.62 bits per heavy atom. The molecule has 106 valence electrons. The van der Waals surface area contributed by atoms with Crippen molar-refractivity contribution in [1.29, 1.82) is 0 Å². The van der Waals surface area contributed by atoms with Crippen molar-refractivity contribution in [2.45, 2.75) is 27.3 Å². The van der Waals surface area contributed by atoms with Crippen LogP contribution in [0.25, 0.3) is 21.8 Å². The van der Waals surface area contributed by atoms with Gasteiger partial charge in [-0.1, -0.05) is 0 Å². The molecule has 0 aliphatic heterocycles. The molecule has 0 saturated carbocycles. The van der Waals surface area contributed by atoms with Crippen LogP contribution in [0.3, 0.4) is 0 Å². The van der Waals surface area contributed by atoms with E-state index in [4.69, 9.17) is 0 Å². The van der Waals surface area contributed by atoms with Crippen LogP contribution < -0.4 is 0 Å². The van der Waals surface area contributed by atoms with Crippen molar-refractivity contribution in [3.63, 3.8) is 0 Å². The Kier molecular flexibility index (Phi) is 3.13. The highest BCUT2D eigenvalue weighted by Crippen LogP contribution is 2.30. The molecule has 0 saturated heterocycles. The van der Waals surface area contributed by atoms with Crippen molar-refractivity contribution < 1.29 is 9.59 Å². The zero-order valence-corrected chi connectivity index (χ0v) is 12.4. The second kappa shape index (κ2) is 4.85. The fourth-order valence-corrected chi connectivity index (χ4v) is 2.88. The van der Waals surface area contributed by atoms with Crippen LogP contribution in [0, 0.1) is 0 Å². The lowest BCUT2D eigenvalue weighted by Gasteiger charge is -2.03. The molecule has 0 unspecified atom stereocenters. The van der Waals surface area contributed by atoms with Crippen molar-refractivity contribution in [1.82, 2.24) is 4.57 Å². The molecular formula is C18H17NO2. The Morgan fingerprint density at radius 2 is 1.29 bits per heavy atom. The molecule has 0 aliphatic carbocycles. The first-order valence-corrected chi connectivity index (χ1v) is 7.10. The molecular weight excluding hydrogens is 262 g/mol. The van der Waals surface area contributed by atoms with Gasteiger partial charge in [-0.3, -0.25) is 9.59 Å². The number of nitrogens with zero attached hydrogens (tertiary/aromatic N) is 1. The SMILES string of the molecule is CCn1c2ccc(C(C)=O)cc2c2cc(C(C)=O)ccc21. The van der Waals surface area contributed by atoms with Crippen LogP contribution in [0.4, 0.5) is 0 Å². The third-order valence-electron chi connectivity index (χ3n) is 3.99. The van der Waals surface area contributed by atoms with Gasteiger partial charge < -0.3 is 4.57 Å². The molecule has 2 aromatic carbocycles. The van der Waals surface area contributed by atoms with E-state index in [0.29, 0.717) is 11.1 Å². The molecule has 0 spiro atoms. The smallest absolute Gasteiger partial charge is 0.159 e. The second-order valence-electron chi connectivity index (χ2n) is 5.32. The Balaban J connectivity index is 2.45. The normalized spacial score (nSPS) is 11.2. The topological polar surface area (TPSA) is 39.1 Å². The zero-order chi connectivity index (χ0) is 15.1. The van der Waals surface area contributed by atoms with Crippen molar-refractivity contribution in [2.24, 2.45) is 0 Å². The molecule has 0 amide bonds. The molecule has 0 atom stereocenters. The average Bonchev–Trinajstić information content (AvgIpc) is 2.79. The van der Waals surface area contributed by atoms with E-state index in [1.165, 1.54) is 0 Å². The van der Waals surface area contributed by atoms with E-state index < -0.39 is 0 Å². The maximum atomic E-state index is 11.6. The van der Waals surface area contributed by atoms with E-state index in [1.807, 2.05) is 36.4 Å². The number of ketones is 2. The van der Waals surface area contributed by atoms with E-state index >= 15 is 0 Å². The molecule has 0 aliphatic rings. The molecule has 3 nitrogen and oxygen atoms in total. The van der Waals surface area contributed by atoms with Gasteiger partial charge in [0.05, 0.1) is 0 Å². The van der Waals surface area contributed by atoms with Gasteiger partial charge in [0.25, 0.3) is 0 Å². The lowest BCUT2D eigenvalue weighted by molar-refractivity contribution is 0.100. The van der Waals surface area contributed by atoms with Crippen LogP contribution in [0.5, 0.6) is 0 Å². The number of Topliss-reactive ketones (excluding diaryl/α,β-unsaturated/α-hetero) is 2. The summed E-state index contributed by atoms with van der Waals surface area (Å²) in [6, 6.07) is 11.6. The highest BCUT2D eigenvalue weighted by atomic mass is 16.1. The largest absolute Gasteiger partial charge is 0.341 e. The van der Waals surface area contributed by atoms with Gasteiger partial charge in [-0.2, -0.15) is 0 Å². The monoisotopic (exact) mass is 279 g/mol. The van der Waals surface area contributed by atoms with Gasteiger partial charge in [-0.05, 0) is 57.2 Å². The van der Waals surface area contributed by atoms with Gasteiger partial charge in [-0.25, -0.2) is 0 Å². The summed E-state index contributed by atoms with van der Waals surface area (Å²) in [6.07, 6.45) is 0. The summed E-state index contributed by atoms with van der Waals surface area (Å²) in [6.45, 7) is 6.08. The third kappa shape index (κ3) is 2.05. The first-order valence-electron chi connectivity index (χ1n) is 7.10. The van der Waals surface area contributed by atoms with E-state index in [2.05, 4.69) is 11.5 Å². The number of hydrogen-bond donors (Lipinski definition) is 0. The van der Waals surface area contributed by atoms with Crippen LogP contribution in [0.15, 0.2) is 36.4 Å². The number of aryl methyl sites for hydroxylation is 1. The summed E-state index contributed by atoms with van der Waals surface area (Å²) in [5, 5.41) is 2.06. The fraction of sp³-hybridized carbons (Fsp3) is 0.222. The summed E-state index contributed by atoms with van der Waals surface area (Å²) in [7, 11) is 0. The average molecular weight is 279 g/mol. The Labute approximate surface area is 123 Å². The summed E-state index contributed by atoms with van der Waals surface area (Å²) in [5.41, 5.74) is 3.59. The van der Waals surface area contributed by atoms with Crippen LogP contribution in [0.2, 0.25) is 0 Å². The number of aromatic nitrogens is 1. The molecule has 1 heterocycles. The first kappa shape index (κ1) is 13.6. The van der Waals surface area contributed by atoms with Crippen molar-refractivity contribution >= 4 is 33.4 Å². The summed E-state index contributed by atoms with van der Waals surface area (Å²) < 4.78 is 2.21. The highest BCUT2D eigenvalue weighted by molar-refractivity contribution is 6.12. The number of carbonyl (C=O) groups is 2. The fourth-order valence-electron chi connectivity index (χ4n) is 2.88. The molecule has 0 N–H and O–H groups in total. The highest BCUT2D eigenvalue weighted by Gasteiger charge is 2.13. The van der Waals surface area contributed by atoms with Crippen LogP contribution in [0.1, 0.15) is 41.5 Å². The lowest BCUT2D eigenvalue weighted by atomic mass is 10.0. The number of rotatable bonds is 3. The minimum absolute atomic E-state index is 0.0528. The van der Waals surface area contributed by atoms with Crippen LogP contribution in [-0.4, -0.2) is 16.1 Å².